The van der Waals surface area contributed by atoms with Gasteiger partial charge >= 0.3 is 5.97 Å². The predicted octanol–water partition coefficient (Wildman–Crippen LogP) is 4.31. The van der Waals surface area contributed by atoms with E-state index in [0.717, 1.165) is 0 Å². The average Bonchev–Trinajstić information content (AvgIpc) is 3.37. The van der Waals surface area contributed by atoms with Crippen LogP contribution < -0.4 is 14.8 Å². The number of nitrogens with one attached hydrogen (secondary N) is 1. The predicted molar refractivity (Wildman–Crippen MR) is 118 cm³/mol. The molecule has 4 rings (SSSR count). The summed E-state index contributed by atoms with van der Waals surface area (Å²) in [4.78, 5) is 29.8. The van der Waals surface area contributed by atoms with E-state index in [9.17, 15) is 9.59 Å². The summed E-state index contributed by atoms with van der Waals surface area (Å²) in [6.45, 7) is -0.480. The highest BCUT2D eigenvalue weighted by molar-refractivity contribution is 6.05. The minimum absolute atomic E-state index is 0.286. The van der Waals surface area contributed by atoms with E-state index in [4.69, 9.17) is 18.6 Å². The Balaban J connectivity index is 1.53. The molecule has 0 radical (unpaired) electrons. The minimum atomic E-state index is -0.649. The lowest BCUT2D eigenvalue weighted by molar-refractivity contribution is -0.119. The summed E-state index contributed by atoms with van der Waals surface area (Å²) in [5, 5.41) is 3.28. The van der Waals surface area contributed by atoms with Gasteiger partial charge in [-0.3, -0.25) is 4.79 Å². The summed E-state index contributed by atoms with van der Waals surface area (Å²) in [6, 6.07) is 17.3. The second-order valence-corrected chi connectivity index (χ2v) is 6.74. The highest BCUT2D eigenvalue weighted by atomic mass is 16.5. The number of furan rings is 1. The van der Waals surface area contributed by atoms with Crippen molar-refractivity contribution >= 4 is 28.5 Å². The molecule has 162 valence electrons. The third kappa shape index (κ3) is 4.39. The Morgan fingerprint density at radius 3 is 2.59 bits per heavy atom. The largest absolute Gasteiger partial charge is 0.497 e. The van der Waals surface area contributed by atoms with Crippen molar-refractivity contribution < 1.29 is 28.2 Å². The third-order valence-corrected chi connectivity index (χ3v) is 4.72. The van der Waals surface area contributed by atoms with E-state index in [0.29, 0.717) is 39.5 Å². The first-order chi connectivity index (χ1) is 15.6. The zero-order chi connectivity index (χ0) is 22.5. The molecule has 0 aliphatic heterocycles. The molecule has 0 spiro atoms. The quantitative estimate of drug-likeness (QED) is 0.435. The molecule has 1 amide bonds. The Kier molecular flexibility index (Phi) is 6.03. The Morgan fingerprint density at radius 2 is 1.84 bits per heavy atom. The zero-order valence-corrected chi connectivity index (χ0v) is 17.5. The van der Waals surface area contributed by atoms with Crippen LogP contribution in [-0.2, 0) is 9.53 Å². The standard InChI is InChI=1S/C24H20N2O6/c1-29-15-9-10-21(30-2)19(12-15)26-23(27)14-32-24(28)17-13-20(22-8-5-11-31-22)25-18-7-4-3-6-16(17)18/h3-13H,14H2,1-2H3,(H,26,27). The number of amides is 1. The molecule has 0 fully saturated rings. The fourth-order valence-corrected chi connectivity index (χ4v) is 3.20. The number of aromatic nitrogens is 1. The van der Waals surface area contributed by atoms with Gasteiger partial charge in [0.2, 0.25) is 0 Å². The maximum atomic E-state index is 12.9. The minimum Gasteiger partial charge on any atom is -0.497 e. The molecular weight excluding hydrogens is 412 g/mol. The van der Waals surface area contributed by atoms with Gasteiger partial charge in [0, 0.05) is 11.5 Å². The third-order valence-electron chi connectivity index (χ3n) is 4.72. The molecule has 1 N–H and O–H groups in total. The van der Waals surface area contributed by atoms with Crippen LogP contribution in [0.2, 0.25) is 0 Å². The fourth-order valence-electron chi connectivity index (χ4n) is 3.20. The molecule has 2 heterocycles. The Morgan fingerprint density at radius 1 is 1.00 bits per heavy atom. The van der Waals surface area contributed by atoms with E-state index in [1.54, 1.807) is 54.6 Å². The van der Waals surface area contributed by atoms with Crippen LogP contribution in [0.5, 0.6) is 11.5 Å². The number of anilines is 1. The van der Waals surface area contributed by atoms with Gasteiger partial charge in [0.05, 0.1) is 37.3 Å². The molecule has 32 heavy (non-hydrogen) atoms. The van der Waals surface area contributed by atoms with Gasteiger partial charge in [-0.25, -0.2) is 9.78 Å². The maximum absolute atomic E-state index is 12.9. The summed E-state index contributed by atoms with van der Waals surface area (Å²) in [7, 11) is 3.01. The van der Waals surface area contributed by atoms with E-state index < -0.39 is 18.5 Å². The van der Waals surface area contributed by atoms with Gasteiger partial charge in [-0.1, -0.05) is 18.2 Å². The van der Waals surface area contributed by atoms with Crippen LogP contribution in [0.1, 0.15) is 10.4 Å². The summed E-state index contributed by atoms with van der Waals surface area (Å²) < 4.78 is 21.1. The Bertz CT molecular complexity index is 1270. The number of ether oxygens (including phenoxy) is 3. The number of nitrogens with zero attached hydrogens (tertiary/aromatic N) is 1. The second-order valence-electron chi connectivity index (χ2n) is 6.74. The Hall–Kier alpha value is -4.33. The molecule has 0 saturated carbocycles. The van der Waals surface area contributed by atoms with Crippen molar-refractivity contribution in [2.24, 2.45) is 0 Å². The number of hydrogen-bond acceptors (Lipinski definition) is 7. The molecule has 0 unspecified atom stereocenters. The van der Waals surface area contributed by atoms with Gasteiger partial charge in [0.15, 0.2) is 12.4 Å². The van der Waals surface area contributed by atoms with E-state index in [1.165, 1.54) is 20.5 Å². The van der Waals surface area contributed by atoms with Crippen molar-refractivity contribution in [3.05, 3.63) is 72.5 Å². The molecule has 4 aromatic rings. The summed E-state index contributed by atoms with van der Waals surface area (Å²) in [5.74, 6) is 0.354. The number of carbonyl (C=O) groups is 2. The molecule has 8 nitrogen and oxygen atoms in total. The summed E-state index contributed by atoms with van der Waals surface area (Å²) in [5.41, 5.74) is 1.79. The van der Waals surface area contributed by atoms with Gasteiger partial charge in [0.1, 0.15) is 17.2 Å². The molecule has 0 aliphatic rings. The van der Waals surface area contributed by atoms with E-state index in [-0.39, 0.29) is 5.56 Å². The van der Waals surface area contributed by atoms with Crippen molar-refractivity contribution in [1.82, 2.24) is 4.98 Å². The first-order valence-electron chi connectivity index (χ1n) is 9.71. The molecule has 2 aromatic carbocycles. The van der Waals surface area contributed by atoms with E-state index in [2.05, 4.69) is 10.3 Å². The normalized spacial score (nSPS) is 10.6. The fraction of sp³-hybridized carbons (Fsp3) is 0.125. The number of benzene rings is 2. The number of hydrogen-bond donors (Lipinski definition) is 1. The van der Waals surface area contributed by atoms with Crippen LogP contribution in [0, 0.1) is 0 Å². The monoisotopic (exact) mass is 432 g/mol. The number of esters is 1. The van der Waals surface area contributed by atoms with Crippen molar-refractivity contribution in [3.63, 3.8) is 0 Å². The highest BCUT2D eigenvalue weighted by Gasteiger charge is 2.18. The van der Waals surface area contributed by atoms with E-state index in [1.807, 2.05) is 6.07 Å². The first kappa shape index (κ1) is 20.9. The molecule has 2 aromatic heterocycles. The lowest BCUT2D eigenvalue weighted by Crippen LogP contribution is -2.21. The average molecular weight is 432 g/mol. The van der Waals surface area contributed by atoms with Crippen LogP contribution in [0.25, 0.3) is 22.4 Å². The Labute approximate surface area is 183 Å². The van der Waals surface area contributed by atoms with Gasteiger partial charge in [-0.2, -0.15) is 0 Å². The molecule has 0 saturated heterocycles. The van der Waals surface area contributed by atoms with Gasteiger partial charge < -0.3 is 23.9 Å². The first-order valence-corrected chi connectivity index (χ1v) is 9.71. The van der Waals surface area contributed by atoms with Crippen molar-refractivity contribution in [2.45, 2.75) is 0 Å². The van der Waals surface area contributed by atoms with Crippen LogP contribution >= 0.6 is 0 Å². The molecule has 0 bridgehead atoms. The van der Waals surface area contributed by atoms with E-state index >= 15 is 0 Å². The van der Waals surface area contributed by atoms with Crippen LogP contribution in [0.3, 0.4) is 0 Å². The number of carbonyl (C=O) groups excluding carboxylic acids is 2. The maximum Gasteiger partial charge on any atom is 0.339 e. The number of rotatable bonds is 7. The van der Waals surface area contributed by atoms with Gasteiger partial charge in [-0.15, -0.1) is 0 Å². The highest BCUT2D eigenvalue weighted by Crippen LogP contribution is 2.29. The molecular formula is C24H20N2O6. The lowest BCUT2D eigenvalue weighted by atomic mass is 10.1. The molecule has 0 aliphatic carbocycles. The van der Waals surface area contributed by atoms with Crippen LogP contribution in [0.4, 0.5) is 5.69 Å². The van der Waals surface area contributed by atoms with Gasteiger partial charge in [-0.05, 0) is 36.4 Å². The van der Waals surface area contributed by atoms with Crippen LogP contribution in [0.15, 0.2) is 71.3 Å². The van der Waals surface area contributed by atoms with Crippen molar-refractivity contribution in [2.75, 3.05) is 26.1 Å². The SMILES string of the molecule is COc1ccc(OC)c(NC(=O)COC(=O)c2cc(-c3ccco3)nc3ccccc23)c1. The van der Waals surface area contributed by atoms with Crippen molar-refractivity contribution in [3.8, 4) is 23.0 Å². The van der Waals surface area contributed by atoms with Crippen LogP contribution in [-0.4, -0.2) is 37.7 Å². The number of pyridine rings is 1. The number of fused-ring (bicyclic) bond motifs is 1. The molecule has 0 atom stereocenters. The van der Waals surface area contributed by atoms with Crippen molar-refractivity contribution in [1.29, 1.82) is 0 Å². The summed E-state index contributed by atoms with van der Waals surface area (Å²) in [6.07, 6.45) is 1.53. The summed E-state index contributed by atoms with van der Waals surface area (Å²) >= 11 is 0. The molecule has 8 heteroatoms. The van der Waals surface area contributed by atoms with Gasteiger partial charge in [0.25, 0.3) is 5.91 Å². The smallest absolute Gasteiger partial charge is 0.339 e. The number of para-hydroxylation sites is 1. The topological polar surface area (TPSA) is 99.9 Å². The zero-order valence-electron chi connectivity index (χ0n) is 17.5. The second kappa shape index (κ2) is 9.22. The lowest BCUT2D eigenvalue weighted by Gasteiger charge is -2.12. The number of methoxy groups -OCH3 is 2.